The van der Waals surface area contributed by atoms with E-state index in [2.05, 4.69) is 14.7 Å². The Morgan fingerprint density at radius 1 is 1.25 bits per heavy atom. The summed E-state index contributed by atoms with van der Waals surface area (Å²) in [4.78, 5) is 16.6. The molecule has 20 heavy (non-hydrogen) atoms. The fourth-order valence-electron chi connectivity index (χ4n) is 5.36. The number of rotatable bonds is 3. The van der Waals surface area contributed by atoms with E-state index in [1.165, 1.54) is 50.1 Å². The normalized spacial score (nSPS) is 38.1. The highest BCUT2D eigenvalue weighted by Gasteiger charge is 2.51. The molecule has 4 fully saturated rings. The van der Waals surface area contributed by atoms with E-state index in [-0.39, 0.29) is 5.91 Å². The SMILES string of the molecule is Cc1nsc(NC(=O)CC23CC4CC(CC(C4)C2)C3)n1. The van der Waals surface area contributed by atoms with Crippen LogP contribution in [0.25, 0.3) is 0 Å². The van der Waals surface area contributed by atoms with Crippen LogP contribution in [0, 0.1) is 30.1 Å². The Bertz CT molecular complexity index is 504. The molecule has 4 bridgehead atoms. The molecule has 0 unspecified atom stereocenters. The fourth-order valence-corrected chi connectivity index (χ4v) is 5.95. The number of amides is 1. The summed E-state index contributed by atoms with van der Waals surface area (Å²) in [5, 5.41) is 3.59. The van der Waals surface area contributed by atoms with Gasteiger partial charge in [0.2, 0.25) is 11.0 Å². The maximum Gasteiger partial charge on any atom is 0.226 e. The zero-order valence-corrected chi connectivity index (χ0v) is 12.7. The van der Waals surface area contributed by atoms with E-state index in [0.717, 1.165) is 23.6 Å². The smallest absolute Gasteiger partial charge is 0.226 e. The molecule has 0 atom stereocenters. The summed E-state index contributed by atoms with van der Waals surface area (Å²) >= 11 is 1.28. The van der Waals surface area contributed by atoms with E-state index in [9.17, 15) is 4.79 Å². The molecule has 0 saturated heterocycles. The molecule has 5 heteroatoms. The Hall–Kier alpha value is -0.970. The van der Waals surface area contributed by atoms with Crippen molar-refractivity contribution in [2.24, 2.45) is 23.2 Å². The third kappa shape index (κ3) is 2.26. The summed E-state index contributed by atoms with van der Waals surface area (Å²) in [6.45, 7) is 1.85. The molecule has 108 valence electrons. The number of carbonyl (C=O) groups is 1. The second kappa shape index (κ2) is 4.52. The van der Waals surface area contributed by atoms with Gasteiger partial charge in [-0.25, -0.2) is 4.98 Å². The van der Waals surface area contributed by atoms with Gasteiger partial charge in [-0.15, -0.1) is 0 Å². The predicted octanol–water partition coefficient (Wildman–Crippen LogP) is 3.39. The van der Waals surface area contributed by atoms with Gasteiger partial charge in [0.1, 0.15) is 5.82 Å². The minimum absolute atomic E-state index is 0.142. The third-order valence-electron chi connectivity index (χ3n) is 5.47. The van der Waals surface area contributed by atoms with Gasteiger partial charge in [-0.3, -0.25) is 4.79 Å². The van der Waals surface area contributed by atoms with Crippen molar-refractivity contribution in [3.05, 3.63) is 5.82 Å². The van der Waals surface area contributed by atoms with Crippen molar-refractivity contribution in [1.29, 1.82) is 0 Å². The molecule has 5 rings (SSSR count). The molecule has 1 N–H and O–H groups in total. The maximum absolute atomic E-state index is 12.3. The minimum Gasteiger partial charge on any atom is -0.301 e. The number of hydrogen-bond acceptors (Lipinski definition) is 4. The Kier molecular flexibility index (Phi) is 2.88. The molecule has 4 aliphatic carbocycles. The number of carbonyl (C=O) groups excluding carboxylic acids is 1. The van der Waals surface area contributed by atoms with Crippen LogP contribution in [0.15, 0.2) is 0 Å². The predicted molar refractivity (Wildman–Crippen MR) is 78.5 cm³/mol. The molecule has 4 saturated carbocycles. The maximum atomic E-state index is 12.3. The van der Waals surface area contributed by atoms with E-state index in [0.29, 0.717) is 17.0 Å². The van der Waals surface area contributed by atoms with Crippen LogP contribution in [0.3, 0.4) is 0 Å². The summed E-state index contributed by atoms with van der Waals surface area (Å²) in [6.07, 6.45) is 8.81. The summed E-state index contributed by atoms with van der Waals surface area (Å²) < 4.78 is 4.11. The molecular weight excluding hydrogens is 270 g/mol. The number of aryl methyl sites for hydroxylation is 1. The zero-order valence-electron chi connectivity index (χ0n) is 11.9. The average molecular weight is 291 g/mol. The fraction of sp³-hybridized carbons (Fsp3) is 0.800. The van der Waals surface area contributed by atoms with E-state index in [1.54, 1.807) is 0 Å². The zero-order chi connectivity index (χ0) is 13.7. The van der Waals surface area contributed by atoms with Crippen molar-refractivity contribution in [3.63, 3.8) is 0 Å². The van der Waals surface area contributed by atoms with Gasteiger partial charge in [0, 0.05) is 18.0 Å². The first-order valence-electron chi connectivity index (χ1n) is 7.70. The first kappa shape index (κ1) is 12.7. The van der Waals surface area contributed by atoms with Crippen LogP contribution in [0.5, 0.6) is 0 Å². The summed E-state index contributed by atoms with van der Waals surface area (Å²) in [5.74, 6) is 3.58. The molecule has 4 nitrogen and oxygen atoms in total. The standard InChI is InChI=1S/C15H21N3OS/c1-9-16-14(20-18-9)17-13(19)8-15-5-10-2-11(6-15)4-12(3-10)7-15/h10-12H,2-8H2,1H3,(H,16,17,18,19). The quantitative estimate of drug-likeness (QED) is 0.928. The van der Waals surface area contributed by atoms with Crippen LogP contribution in [0.2, 0.25) is 0 Å². The van der Waals surface area contributed by atoms with Crippen molar-refractivity contribution in [3.8, 4) is 0 Å². The third-order valence-corrected chi connectivity index (χ3v) is 6.20. The van der Waals surface area contributed by atoms with Gasteiger partial charge in [-0.1, -0.05) is 0 Å². The molecule has 1 aromatic heterocycles. The second-order valence-electron chi connectivity index (χ2n) is 7.29. The van der Waals surface area contributed by atoms with Gasteiger partial charge in [0.15, 0.2) is 0 Å². The van der Waals surface area contributed by atoms with Crippen molar-refractivity contribution >= 4 is 22.6 Å². The van der Waals surface area contributed by atoms with Crippen LogP contribution in [0.1, 0.15) is 50.8 Å². The first-order valence-corrected chi connectivity index (χ1v) is 8.48. The van der Waals surface area contributed by atoms with Gasteiger partial charge in [-0.2, -0.15) is 4.37 Å². The van der Waals surface area contributed by atoms with Crippen molar-refractivity contribution in [2.75, 3.05) is 5.32 Å². The highest BCUT2D eigenvalue weighted by atomic mass is 32.1. The molecule has 1 amide bonds. The number of aromatic nitrogens is 2. The van der Waals surface area contributed by atoms with Gasteiger partial charge in [0.25, 0.3) is 0 Å². The lowest BCUT2D eigenvalue weighted by Gasteiger charge is -2.56. The van der Waals surface area contributed by atoms with Crippen LogP contribution in [-0.4, -0.2) is 15.3 Å². The molecule has 0 spiro atoms. The molecule has 4 aliphatic rings. The Balaban J connectivity index is 1.44. The van der Waals surface area contributed by atoms with Crippen molar-refractivity contribution in [1.82, 2.24) is 9.36 Å². The lowest BCUT2D eigenvalue weighted by atomic mass is 9.49. The summed E-state index contributed by atoms with van der Waals surface area (Å²) in [5.41, 5.74) is 0.304. The van der Waals surface area contributed by atoms with Gasteiger partial charge >= 0.3 is 0 Å². The van der Waals surface area contributed by atoms with E-state index < -0.39 is 0 Å². The topological polar surface area (TPSA) is 54.9 Å². The van der Waals surface area contributed by atoms with E-state index in [1.807, 2.05) is 6.92 Å². The number of nitrogens with one attached hydrogen (secondary N) is 1. The Morgan fingerprint density at radius 2 is 1.85 bits per heavy atom. The molecule has 0 radical (unpaired) electrons. The van der Waals surface area contributed by atoms with E-state index >= 15 is 0 Å². The molecule has 0 aromatic carbocycles. The number of hydrogen-bond donors (Lipinski definition) is 1. The van der Waals surface area contributed by atoms with Gasteiger partial charge < -0.3 is 5.32 Å². The lowest BCUT2D eigenvalue weighted by Crippen LogP contribution is -2.47. The minimum atomic E-state index is 0.142. The molecule has 0 aliphatic heterocycles. The molecule has 1 aromatic rings. The Labute approximate surface area is 123 Å². The van der Waals surface area contributed by atoms with E-state index in [4.69, 9.17) is 0 Å². The monoisotopic (exact) mass is 291 g/mol. The van der Waals surface area contributed by atoms with Crippen LogP contribution < -0.4 is 5.32 Å². The highest BCUT2D eigenvalue weighted by molar-refractivity contribution is 7.09. The van der Waals surface area contributed by atoms with Crippen molar-refractivity contribution < 1.29 is 4.79 Å². The second-order valence-corrected chi connectivity index (χ2v) is 8.04. The Morgan fingerprint density at radius 3 is 2.35 bits per heavy atom. The number of nitrogens with zero attached hydrogens (tertiary/aromatic N) is 2. The first-order chi connectivity index (χ1) is 9.60. The van der Waals surface area contributed by atoms with Crippen LogP contribution in [-0.2, 0) is 4.79 Å². The highest BCUT2D eigenvalue weighted by Crippen LogP contribution is 2.61. The van der Waals surface area contributed by atoms with Gasteiger partial charge in [0.05, 0.1) is 0 Å². The molecule has 1 heterocycles. The van der Waals surface area contributed by atoms with Crippen LogP contribution in [0.4, 0.5) is 5.13 Å². The lowest BCUT2D eigenvalue weighted by molar-refractivity contribution is -0.124. The van der Waals surface area contributed by atoms with Gasteiger partial charge in [-0.05, 0) is 68.6 Å². The van der Waals surface area contributed by atoms with Crippen molar-refractivity contribution in [2.45, 2.75) is 51.9 Å². The average Bonchev–Trinajstić information content (AvgIpc) is 2.71. The molecular formula is C15H21N3OS. The number of anilines is 1. The summed E-state index contributed by atoms with van der Waals surface area (Å²) in [6, 6.07) is 0. The van der Waals surface area contributed by atoms with Crippen LogP contribution >= 0.6 is 11.5 Å². The largest absolute Gasteiger partial charge is 0.301 e. The summed E-state index contributed by atoms with van der Waals surface area (Å²) in [7, 11) is 0.